The van der Waals surface area contributed by atoms with Gasteiger partial charge in [-0.2, -0.15) is 0 Å². The Bertz CT molecular complexity index is 565. The number of aromatic amines is 1. The second kappa shape index (κ2) is 4.87. The van der Waals surface area contributed by atoms with Crippen molar-refractivity contribution in [3.63, 3.8) is 0 Å². The molecule has 0 radical (unpaired) electrons. The molecule has 1 aromatic carbocycles. The van der Waals surface area contributed by atoms with E-state index in [1.165, 1.54) is 6.20 Å². The summed E-state index contributed by atoms with van der Waals surface area (Å²) >= 11 is 0. The van der Waals surface area contributed by atoms with Crippen LogP contribution < -0.4 is 5.32 Å². The topological polar surface area (TPSA) is 83.8 Å². The van der Waals surface area contributed by atoms with Crippen LogP contribution in [0.2, 0.25) is 0 Å². The normalized spacial score (nSPS) is 12.1. The second-order valence-electron chi connectivity index (χ2n) is 4.11. The van der Waals surface area contributed by atoms with E-state index >= 15 is 0 Å². The third-order valence-corrected chi connectivity index (χ3v) is 2.83. The highest BCUT2D eigenvalue weighted by molar-refractivity contribution is 5.57. The van der Waals surface area contributed by atoms with E-state index in [-0.39, 0.29) is 11.9 Å². The van der Waals surface area contributed by atoms with Crippen molar-refractivity contribution in [2.45, 2.75) is 19.9 Å². The monoisotopic (exact) mass is 246 g/mol. The molecule has 0 aliphatic heterocycles. The highest BCUT2D eigenvalue weighted by Gasteiger charge is 2.17. The minimum atomic E-state index is -0.486. The number of hydrogen-bond acceptors (Lipinski definition) is 4. The molecule has 1 atom stereocenters. The summed E-state index contributed by atoms with van der Waals surface area (Å²) in [5, 5.41) is 19.9. The summed E-state index contributed by atoms with van der Waals surface area (Å²) in [6, 6.07) is 7.90. The molecule has 0 saturated carbocycles. The zero-order valence-corrected chi connectivity index (χ0v) is 10.2. The number of aryl methyl sites for hydroxylation is 1. The molecular weight excluding hydrogens is 232 g/mol. The Kier molecular flexibility index (Phi) is 3.27. The Balaban J connectivity index is 2.22. The average molecular weight is 246 g/mol. The lowest BCUT2D eigenvalue weighted by atomic mass is 10.0. The van der Waals surface area contributed by atoms with Crippen molar-refractivity contribution in [1.82, 2.24) is 10.2 Å². The molecule has 0 fully saturated rings. The molecule has 1 heterocycles. The van der Waals surface area contributed by atoms with Crippen LogP contribution in [-0.2, 0) is 0 Å². The molecule has 0 aliphatic rings. The number of nitrogens with one attached hydrogen (secondary N) is 2. The van der Waals surface area contributed by atoms with Crippen molar-refractivity contribution < 1.29 is 4.92 Å². The molecule has 6 nitrogen and oxygen atoms in total. The molecule has 0 saturated heterocycles. The molecule has 6 heteroatoms. The maximum absolute atomic E-state index is 10.8. The molecule has 0 spiro atoms. The van der Waals surface area contributed by atoms with Crippen molar-refractivity contribution in [1.29, 1.82) is 0 Å². The van der Waals surface area contributed by atoms with Crippen LogP contribution in [0.15, 0.2) is 30.5 Å². The third-order valence-electron chi connectivity index (χ3n) is 2.83. The molecule has 0 aliphatic carbocycles. The molecule has 0 bridgehead atoms. The Morgan fingerprint density at radius 3 is 2.83 bits per heavy atom. The molecule has 1 aromatic heterocycles. The zero-order chi connectivity index (χ0) is 13.1. The largest absolute Gasteiger partial charge is 0.370 e. The van der Waals surface area contributed by atoms with E-state index < -0.39 is 4.92 Å². The van der Waals surface area contributed by atoms with Gasteiger partial charge in [0.1, 0.15) is 6.20 Å². The van der Waals surface area contributed by atoms with Gasteiger partial charge in [0.15, 0.2) is 5.69 Å². The van der Waals surface area contributed by atoms with E-state index in [1.807, 2.05) is 38.1 Å². The number of benzene rings is 1. The minimum absolute atomic E-state index is 0.0255. The fourth-order valence-electron chi connectivity index (χ4n) is 1.91. The summed E-state index contributed by atoms with van der Waals surface area (Å²) in [5.74, 6) is -0.115. The van der Waals surface area contributed by atoms with Crippen LogP contribution >= 0.6 is 0 Å². The number of H-pyrrole nitrogens is 1. The molecular formula is C12H14N4O2. The number of nitro groups is 1. The Labute approximate surface area is 104 Å². The maximum atomic E-state index is 10.8. The van der Waals surface area contributed by atoms with Gasteiger partial charge in [-0.15, -0.1) is 5.10 Å². The summed E-state index contributed by atoms with van der Waals surface area (Å²) in [5.41, 5.74) is 2.65. The Hall–Kier alpha value is -2.37. The fraction of sp³-hybridized carbons (Fsp3) is 0.250. The van der Waals surface area contributed by atoms with Crippen molar-refractivity contribution in [3.8, 4) is 0 Å². The maximum Gasteiger partial charge on any atom is 0.366 e. The average Bonchev–Trinajstić information content (AvgIpc) is 2.77. The van der Waals surface area contributed by atoms with Gasteiger partial charge >= 0.3 is 5.82 Å². The van der Waals surface area contributed by atoms with Crippen LogP contribution in [0.25, 0.3) is 0 Å². The fourth-order valence-corrected chi connectivity index (χ4v) is 1.91. The molecule has 0 amide bonds. The highest BCUT2D eigenvalue weighted by atomic mass is 16.6. The minimum Gasteiger partial charge on any atom is -0.370 e. The summed E-state index contributed by atoms with van der Waals surface area (Å²) < 4.78 is 0. The lowest BCUT2D eigenvalue weighted by molar-refractivity contribution is -0.388. The molecule has 1 unspecified atom stereocenters. The van der Waals surface area contributed by atoms with Crippen LogP contribution in [0, 0.1) is 17.0 Å². The van der Waals surface area contributed by atoms with Gasteiger partial charge in [0.25, 0.3) is 0 Å². The van der Waals surface area contributed by atoms with Crippen molar-refractivity contribution >= 4 is 11.5 Å². The van der Waals surface area contributed by atoms with Crippen molar-refractivity contribution in [2.24, 2.45) is 0 Å². The lowest BCUT2D eigenvalue weighted by Crippen LogP contribution is -2.08. The number of nitrogens with zero attached hydrogens (tertiary/aromatic N) is 2. The summed E-state index contributed by atoms with van der Waals surface area (Å²) in [4.78, 5) is 10.3. The number of hydrogen-bond donors (Lipinski definition) is 2. The third kappa shape index (κ3) is 2.32. The van der Waals surface area contributed by atoms with Gasteiger partial charge in [0, 0.05) is 6.04 Å². The molecule has 94 valence electrons. The van der Waals surface area contributed by atoms with E-state index in [9.17, 15) is 10.1 Å². The first-order valence-electron chi connectivity index (χ1n) is 5.59. The first kappa shape index (κ1) is 12.1. The van der Waals surface area contributed by atoms with E-state index in [1.54, 1.807) is 0 Å². The van der Waals surface area contributed by atoms with Crippen LogP contribution in [0.4, 0.5) is 11.5 Å². The molecule has 2 N–H and O–H groups in total. The Morgan fingerprint density at radius 1 is 1.44 bits per heavy atom. The van der Waals surface area contributed by atoms with Gasteiger partial charge < -0.3 is 15.4 Å². The van der Waals surface area contributed by atoms with Gasteiger partial charge in [0.2, 0.25) is 0 Å². The first-order valence-corrected chi connectivity index (χ1v) is 5.59. The smallest absolute Gasteiger partial charge is 0.366 e. The van der Waals surface area contributed by atoms with Crippen LogP contribution in [0.5, 0.6) is 0 Å². The predicted octanol–water partition coefficient (Wildman–Crippen LogP) is 2.80. The summed E-state index contributed by atoms with van der Waals surface area (Å²) in [6.45, 7) is 3.97. The standard InChI is InChI=1S/C12H14N4O2/c1-8-5-3-4-6-10(8)9(2)14-11-7-13-15-12(11)16(17)18/h3-7,9,14H,1-2H3,(H,13,15). The first-order chi connectivity index (χ1) is 8.59. The quantitative estimate of drug-likeness (QED) is 0.641. The molecule has 18 heavy (non-hydrogen) atoms. The Morgan fingerprint density at radius 2 is 2.17 bits per heavy atom. The van der Waals surface area contributed by atoms with Crippen LogP contribution in [0.1, 0.15) is 24.1 Å². The van der Waals surface area contributed by atoms with Crippen LogP contribution in [0.3, 0.4) is 0 Å². The van der Waals surface area contributed by atoms with E-state index in [4.69, 9.17) is 0 Å². The van der Waals surface area contributed by atoms with Gasteiger partial charge in [-0.25, -0.2) is 0 Å². The highest BCUT2D eigenvalue weighted by Crippen LogP contribution is 2.26. The van der Waals surface area contributed by atoms with Gasteiger partial charge in [-0.3, -0.25) is 0 Å². The molecule has 2 rings (SSSR count). The van der Waals surface area contributed by atoms with Gasteiger partial charge in [-0.1, -0.05) is 29.4 Å². The van der Waals surface area contributed by atoms with E-state index in [0.717, 1.165) is 11.1 Å². The summed E-state index contributed by atoms with van der Waals surface area (Å²) in [7, 11) is 0. The second-order valence-corrected chi connectivity index (χ2v) is 4.11. The van der Waals surface area contributed by atoms with E-state index in [2.05, 4.69) is 15.5 Å². The zero-order valence-electron chi connectivity index (χ0n) is 10.2. The number of rotatable bonds is 4. The van der Waals surface area contributed by atoms with Crippen molar-refractivity contribution in [2.75, 3.05) is 5.32 Å². The summed E-state index contributed by atoms with van der Waals surface area (Å²) in [6.07, 6.45) is 1.42. The van der Waals surface area contributed by atoms with Gasteiger partial charge in [0.05, 0.1) is 0 Å². The predicted molar refractivity (Wildman–Crippen MR) is 68.5 cm³/mol. The lowest BCUT2D eigenvalue weighted by Gasteiger charge is -2.16. The van der Waals surface area contributed by atoms with E-state index in [0.29, 0.717) is 5.69 Å². The van der Waals surface area contributed by atoms with Crippen molar-refractivity contribution in [3.05, 3.63) is 51.7 Å². The SMILES string of the molecule is Cc1ccccc1C(C)Nc1cn[nH]c1[N+](=O)[O-]. The molecule has 2 aromatic rings. The van der Waals surface area contributed by atoms with Crippen LogP contribution in [-0.4, -0.2) is 15.1 Å². The van der Waals surface area contributed by atoms with Gasteiger partial charge in [-0.05, 0) is 29.9 Å². The number of anilines is 1. The number of aromatic nitrogens is 2.